The van der Waals surface area contributed by atoms with Gasteiger partial charge < -0.3 is 9.16 Å². The van der Waals surface area contributed by atoms with E-state index < -0.39 is 8.32 Å². The predicted octanol–water partition coefficient (Wildman–Crippen LogP) is 5.96. The highest BCUT2D eigenvalue weighted by Crippen LogP contribution is 2.37. The van der Waals surface area contributed by atoms with Crippen LogP contribution in [0.4, 0.5) is 0 Å². The molecule has 0 amide bonds. The van der Waals surface area contributed by atoms with Crippen LogP contribution in [-0.2, 0) is 14.0 Å². The first-order chi connectivity index (χ1) is 16.3. The SMILES string of the molecule is CCC(=C/[C@H](C)CO[Si](c1ccccc1)(c1ccccc1)C(C)(C)C)/C=C/[C@H]1CC=CC(=O)O1. The zero-order chi connectivity index (χ0) is 24.6. The largest absolute Gasteiger partial charge is 0.455 e. The summed E-state index contributed by atoms with van der Waals surface area (Å²) in [6.07, 6.45) is 11.2. The third kappa shape index (κ3) is 6.25. The minimum absolute atomic E-state index is 0.0367. The van der Waals surface area contributed by atoms with Gasteiger partial charge in [-0.05, 0) is 33.8 Å². The van der Waals surface area contributed by atoms with Crippen LogP contribution in [0.1, 0.15) is 47.5 Å². The van der Waals surface area contributed by atoms with Crippen molar-refractivity contribution in [2.24, 2.45) is 5.92 Å². The van der Waals surface area contributed by atoms with Crippen molar-refractivity contribution in [1.82, 2.24) is 0 Å². The van der Waals surface area contributed by atoms with Gasteiger partial charge in [0, 0.05) is 19.1 Å². The van der Waals surface area contributed by atoms with E-state index in [0.29, 0.717) is 6.61 Å². The van der Waals surface area contributed by atoms with E-state index >= 15 is 0 Å². The minimum Gasteiger partial charge on any atom is -0.455 e. The maximum absolute atomic E-state index is 11.5. The first-order valence-corrected chi connectivity index (χ1v) is 14.2. The number of ether oxygens (including phenoxy) is 1. The normalized spacial score (nSPS) is 18.2. The van der Waals surface area contributed by atoms with E-state index in [1.807, 2.05) is 12.2 Å². The summed E-state index contributed by atoms with van der Waals surface area (Å²) < 4.78 is 12.4. The van der Waals surface area contributed by atoms with E-state index in [0.717, 1.165) is 12.8 Å². The number of esters is 1. The highest BCUT2D eigenvalue weighted by molar-refractivity contribution is 6.99. The van der Waals surface area contributed by atoms with Gasteiger partial charge in [-0.3, -0.25) is 0 Å². The molecule has 0 bridgehead atoms. The average Bonchev–Trinajstić information content (AvgIpc) is 2.82. The highest BCUT2D eigenvalue weighted by atomic mass is 28.4. The first kappa shape index (κ1) is 25.9. The molecule has 0 aromatic heterocycles. The molecule has 34 heavy (non-hydrogen) atoms. The molecule has 1 heterocycles. The molecule has 0 unspecified atom stereocenters. The molecule has 2 aromatic carbocycles. The van der Waals surface area contributed by atoms with Crippen molar-refractivity contribution >= 4 is 24.7 Å². The van der Waals surface area contributed by atoms with E-state index in [-0.39, 0.29) is 23.0 Å². The Morgan fingerprint density at radius 3 is 2.18 bits per heavy atom. The Hall–Kier alpha value is -2.69. The smallest absolute Gasteiger partial charge is 0.331 e. The van der Waals surface area contributed by atoms with Crippen LogP contribution in [-0.4, -0.2) is 27.0 Å². The minimum atomic E-state index is -2.54. The van der Waals surface area contributed by atoms with Gasteiger partial charge in [-0.2, -0.15) is 0 Å². The lowest BCUT2D eigenvalue weighted by molar-refractivity contribution is -0.141. The van der Waals surface area contributed by atoms with E-state index in [9.17, 15) is 4.79 Å². The average molecular weight is 475 g/mol. The van der Waals surface area contributed by atoms with E-state index in [2.05, 4.69) is 107 Å². The molecule has 0 aliphatic carbocycles. The Balaban J connectivity index is 1.84. The third-order valence-electron chi connectivity index (χ3n) is 6.30. The van der Waals surface area contributed by atoms with Gasteiger partial charge in [0.1, 0.15) is 6.10 Å². The van der Waals surface area contributed by atoms with Crippen LogP contribution in [0.2, 0.25) is 5.04 Å². The predicted molar refractivity (Wildman–Crippen MR) is 144 cm³/mol. The van der Waals surface area contributed by atoms with Crippen molar-refractivity contribution < 1.29 is 14.0 Å². The summed E-state index contributed by atoms with van der Waals surface area (Å²) >= 11 is 0. The molecule has 0 saturated heterocycles. The molecule has 2 aromatic rings. The van der Waals surface area contributed by atoms with Crippen LogP contribution in [0, 0.1) is 5.92 Å². The molecule has 3 nitrogen and oxygen atoms in total. The molecule has 0 radical (unpaired) electrons. The zero-order valence-electron chi connectivity index (χ0n) is 21.2. The van der Waals surface area contributed by atoms with Crippen LogP contribution < -0.4 is 10.4 Å². The highest BCUT2D eigenvalue weighted by Gasteiger charge is 2.50. The fraction of sp³-hybridized carbons (Fsp3) is 0.367. The van der Waals surface area contributed by atoms with Crippen molar-refractivity contribution in [2.75, 3.05) is 6.61 Å². The fourth-order valence-corrected chi connectivity index (χ4v) is 9.27. The zero-order valence-corrected chi connectivity index (χ0v) is 22.2. The van der Waals surface area contributed by atoms with Crippen LogP contribution in [0.25, 0.3) is 0 Å². The van der Waals surface area contributed by atoms with Crippen LogP contribution >= 0.6 is 0 Å². The van der Waals surface area contributed by atoms with Gasteiger partial charge in [0.05, 0.1) is 0 Å². The van der Waals surface area contributed by atoms with E-state index in [4.69, 9.17) is 9.16 Å². The monoisotopic (exact) mass is 474 g/mol. The Labute approximate surface area is 206 Å². The number of hydrogen-bond donors (Lipinski definition) is 0. The molecule has 0 N–H and O–H groups in total. The van der Waals surface area contributed by atoms with Gasteiger partial charge in [0.2, 0.25) is 0 Å². The summed E-state index contributed by atoms with van der Waals surface area (Å²) in [5.41, 5.74) is 1.23. The van der Waals surface area contributed by atoms with Gasteiger partial charge in [0.25, 0.3) is 8.32 Å². The summed E-state index contributed by atoms with van der Waals surface area (Å²) in [4.78, 5) is 11.5. The van der Waals surface area contributed by atoms with Crippen molar-refractivity contribution in [3.05, 3.63) is 96.6 Å². The summed E-state index contributed by atoms with van der Waals surface area (Å²) in [6.45, 7) is 11.9. The molecule has 3 rings (SSSR count). The number of hydrogen-bond acceptors (Lipinski definition) is 3. The second kappa shape index (κ2) is 11.6. The summed E-state index contributed by atoms with van der Waals surface area (Å²) in [7, 11) is -2.54. The van der Waals surface area contributed by atoms with Crippen molar-refractivity contribution in [2.45, 2.75) is 58.6 Å². The van der Waals surface area contributed by atoms with Gasteiger partial charge >= 0.3 is 5.97 Å². The Morgan fingerprint density at radius 2 is 1.68 bits per heavy atom. The van der Waals surface area contributed by atoms with Gasteiger partial charge in [-0.15, -0.1) is 0 Å². The van der Waals surface area contributed by atoms with E-state index in [1.165, 1.54) is 22.0 Å². The first-order valence-electron chi connectivity index (χ1n) is 12.3. The van der Waals surface area contributed by atoms with Crippen molar-refractivity contribution in [1.29, 1.82) is 0 Å². The molecule has 1 aliphatic rings. The molecule has 180 valence electrons. The van der Waals surface area contributed by atoms with Crippen LogP contribution in [0.3, 0.4) is 0 Å². The Bertz CT molecular complexity index is 977. The van der Waals surface area contributed by atoms with Gasteiger partial charge in [0.15, 0.2) is 0 Å². The maximum Gasteiger partial charge on any atom is 0.331 e. The lowest BCUT2D eigenvalue weighted by atomic mass is 10.0. The quantitative estimate of drug-likeness (QED) is 0.255. The topological polar surface area (TPSA) is 35.5 Å². The van der Waals surface area contributed by atoms with Gasteiger partial charge in [-0.1, -0.05) is 119 Å². The van der Waals surface area contributed by atoms with Crippen molar-refractivity contribution in [3.8, 4) is 0 Å². The summed E-state index contributed by atoms with van der Waals surface area (Å²) in [6, 6.07) is 21.5. The molecular weight excluding hydrogens is 436 g/mol. The number of rotatable bonds is 9. The lowest BCUT2D eigenvalue weighted by Crippen LogP contribution is -2.66. The number of carbonyl (C=O) groups is 1. The molecule has 2 atom stereocenters. The maximum atomic E-state index is 11.5. The van der Waals surface area contributed by atoms with Gasteiger partial charge in [-0.25, -0.2) is 4.79 Å². The third-order valence-corrected chi connectivity index (χ3v) is 11.3. The Kier molecular flexibility index (Phi) is 8.87. The molecule has 0 saturated carbocycles. The second-order valence-electron chi connectivity index (χ2n) is 10.0. The molecule has 0 fully saturated rings. The molecule has 1 aliphatic heterocycles. The summed E-state index contributed by atoms with van der Waals surface area (Å²) in [5, 5.41) is 2.56. The Morgan fingerprint density at radius 1 is 1.09 bits per heavy atom. The van der Waals surface area contributed by atoms with Crippen LogP contribution in [0.15, 0.2) is 96.6 Å². The number of carbonyl (C=O) groups excluding carboxylic acids is 1. The van der Waals surface area contributed by atoms with Crippen molar-refractivity contribution in [3.63, 3.8) is 0 Å². The standard InChI is InChI=1S/C30H38O3Si/c1-6-25(20-21-26-14-13-19-29(31)33-26)22-24(2)23-32-34(30(3,4)5,27-15-9-7-10-16-27)28-17-11-8-12-18-28/h7-13,15-22,24,26H,6,14,23H2,1-5H3/b21-20+,25-22-/t24-,26+/m0/s1. The molecular formula is C30H38O3Si. The fourth-order valence-electron chi connectivity index (χ4n) is 4.61. The molecule has 4 heteroatoms. The lowest BCUT2D eigenvalue weighted by Gasteiger charge is -2.43. The summed E-state index contributed by atoms with van der Waals surface area (Å²) in [5.74, 6) is -0.0231. The van der Waals surface area contributed by atoms with E-state index in [1.54, 1.807) is 0 Å². The second-order valence-corrected chi connectivity index (χ2v) is 14.3. The number of cyclic esters (lactones) is 1. The molecule has 0 spiro atoms. The van der Waals surface area contributed by atoms with Crippen LogP contribution in [0.5, 0.6) is 0 Å². The number of allylic oxidation sites excluding steroid dienone is 2. The number of benzene rings is 2.